The first kappa shape index (κ1) is 25.2. The van der Waals surface area contributed by atoms with Crippen LogP contribution >= 0.6 is 0 Å². The number of fused-ring (bicyclic) bond motifs is 1. The molecule has 1 aliphatic carbocycles. The average molecular weight is 505 g/mol. The van der Waals surface area contributed by atoms with Gasteiger partial charge in [-0.1, -0.05) is 31.4 Å². The van der Waals surface area contributed by atoms with E-state index in [4.69, 9.17) is 0 Å². The molecule has 3 aromatic rings. The van der Waals surface area contributed by atoms with Gasteiger partial charge < -0.3 is 4.57 Å². The van der Waals surface area contributed by atoms with Gasteiger partial charge in [0.05, 0.1) is 21.7 Å². The summed E-state index contributed by atoms with van der Waals surface area (Å²) < 4.78 is 70.2. The number of nitrogens with zero attached hydrogens (tertiary/aromatic N) is 3. The molecule has 0 atom stereocenters. The summed E-state index contributed by atoms with van der Waals surface area (Å²) in [4.78, 5) is 4.22. The Kier molecular flexibility index (Phi) is 6.45. The van der Waals surface area contributed by atoms with Gasteiger partial charge in [-0.3, -0.25) is 0 Å². The van der Waals surface area contributed by atoms with Crippen molar-refractivity contribution >= 4 is 21.1 Å². The van der Waals surface area contributed by atoms with Crippen LogP contribution < -0.4 is 4.72 Å². The minimum Gasteiger partial charge on any atom is -0.321 e. The summed E-state index contributed by atoms with van der Waals surface area (Å²) in [5, 5.41) is 10.2. The standard InChI is InChI=1S/C25H27F3N4O2S/c1-24(2,3)31-35(33,34)19-11-9-16(10-12-19)22-21(14-29)20-13-17(25(26,27)28)15-30-23(20)32(22)18-7-5-4-6-8-18/h9-13,15,18,31H,4-8H2,1-3H3. The van der Waals surface area contributed by atoms with E-state index in [1.54, 1.807) is 32.9 Å². The molecule has 1 N–H and O–H groups in total. The number of hydrogen-bond donors (Lipinski definition) is 1. The van der Waals surface area contributed by atoms with Crippen LogP contribution in [0.1, 0.15) is 70.0 Å². The van der Waals surface area contributed by atoms with Gasteiger partial charge in [0.2, 0.25) is 10.0 Å². The summed E-state index contributed by atoms with van der Waals surface area (Å²) in [6.07, 6.45) is 0.898. The van der Waals surface area contributed by atoms with Gasteiger partial charge in [0, 0.05) is 23.2 Å². The van der Waals surface area contributed by atoms with Gasteiger partial charge in [-0.15, -0.1) is 0 Å². The van der Waals surface area contributed by atoms with E-state index >= 15 is 0 Å². The Balaban J connectivity index is 1.91. The Morgan fingerprint density at radius 3 is 2.26 bits per heavy atom. The van der Waals surface area contributed by atoms with Crippen molar-refractivity contribution in [3.63, 3.8) is 0 Å². The molecule has 2 heterocycles. The highest BCUT2D eigenvalue weighted by Gasteiger charge is 2.33. The lowest BCUT2D eigenvalue weighted by Gasteiger charge is -2.26. The molecule has 0 bridgehead atoms. The van der Waals surface area contributed by atoms with Crippen LogP contribution in [0.25, 0.3) is 22.3 Å². The number of alkyl halides is 3. The summed E-state index contributed by atoms with van der Waals surface area (Å²) in [5.74, 6) is 0. The maximum absolute atomic E-state index is 13.4. The first-order valence-electron chi connectivity index (χ1n) is 11.5. The van der Waals surface area contributed by atoms with E-state index in [2.05, 4.69) is 15.8 Å². The molecule has 6 nitrogen and oxygen atoms in total. The molecule has 35 heavy (non-hydrogen) atoms. The van der Waals surface area contributed by atoms with Gasteiger partial charge in [-0.05, 0) is 57.4 Å². The summed E-state index contributed by atoms with van der Waals surface area (Å²) >= 11 is 0. The highest BCUT2D eigenvalue weighted by atomic mass is 32.2. The van der Waals surface area contributed by atoms with E-state index < -0.39 is 27.3 Å². The molecule has 0 radical (unpaired) electrons. The smallest absolute Gasteiger partial charge is 0.321 e. The SMILES string of the molecule is CC(C)(C)NS(=O)(=O)c1ccc(-c2c(C#N)c3cc(C(F)(F)F)cnc3n2C2CCCCC2)cc1. The molecular formula is C25H27F3N4O2S. The van der Waals surface area contributed by atoms with Crippen LogP contribution in [0.5, 0.6) is 0 Å². The summed E-state index contributed by atoms with van der Waals surface area (Å²) in [6.45, 7) is 5.22. The third kappa shape index (κ3) is 5.07. The van der Waals surface area contributed by atoms with E-state index in [1.165, 1.54) is 12.1 Å². The minimum atomic E-state index is -4.59. The molecule has 4 rings (SSSR count). The minimum absolute atomic E-state index is 0.0152. The zero-order chi connectivity index (χ0) is 25.6. The second kappa shape index (κ2) is 8.95. The third-order valence-corrected chi connectivity index (χ3v) is 7.87. The number of nitriles is 1. The largest absolute Gasteiger partial charge is 0.417 e. The number of rotatable bonds is 4. The van der Waals surface area contributed by atoms with E-state index in [0.29, 0.717) is 16.9 Å². The fraction of sp³-hybridized carbons (Fsp3) is 0.440. The van der Waals surface area contributed by atoms with E-state index in [0.717, 1.165) is 44.4 Å². The molecule has 0 aliphatic heterocycles. The lowest BCUT2D eigenvalue weighted by atomic mass is 9.94. The monoisotopic (exact) mass is 504 g/mol. The average Bonchev–Trinajstić information content (AvgIpc) is 3.11. The Labute approximate surface area is 202 Å². The van der Waals surface area contributed by atoms with Crippen LogP contribution in [-0.2, 0) is 16.2 Å². The molecule has 0 spiro atoms. The fourth-order valence-corrected chi connectivity index (χ4v) is 6.11. The van der Waals surface area contributed by atoms with E-state index in [1.807, 2.05) is 4.57 Å². The summed E-state index contributed by atoms with van der Waals surface area (Å²) in [7, 11) is -3.77. The molecule has 0 saturated heterocycles. The molecule has 1 aliphatic rings. The number of benzene rings is 1. The molecule has 2 aromatic heterocycles. The topological polar surface area (TPSA) is 87.8 Å². The number of sulfonamides is 1. The Hall–Kier alpha value is -2.90. The van der Waals surface area contributed by atoms with Crippen LogP contribution in [0.3, 0.4) is 0 Å². The molecule has 0 unspecified atom stereocenters. The Morgan fingerprint density at radius 2 is 1.71 bits per heavy atom. The van der Waals surface area contributed by atoms with Crippen molar-refractivity contribution in [1.82, 2.24) is 14.3 Å². The van der Waals surface area contributed by atoms with Crippen LogP contribution in [0, 0.1) is 11.3 Å². The Bertz CT molecular complexity index is 1390. The number of halogens is 3. The van der Waals surface area contributed by atoms with Crippen LogP contribution in [0.2, 0.25) is 0 Å². The molecule has 1 fully saturated rings. The van der Waals surface area contributed by atoms with Crippen molar-refractivity contribution in [3.05, 3.63) is 47.7 Å². The lowest BCUT2D eigenvalue weighted by Crippen LogP contribution is -2.40. The van der Waals surface area contributed by atoms with Crippen molar-refractivity contribution in [2.75, 3.05) is 0 Å². The normalized spacial score (nSPS) is 15.9. The quantitative estimate of drug-likeness (QED) is 0.460. The van der Waals surface area contributed by atoms with Crippen molar-refractivity contribution in [2.24, 2.45) is 0 Å². The maximum Gasteiger partial charge on any atom is 0.417 e. The third-order valence-electron chi connectivity index (χ3n) is 6.10. The van der Waals surface area contributed by atoms with Crippen molar-refractivity contribution in [1.29, 1.82) is 5.26 Å². The van der Waals surface area contributed by atoms with Gasteiger partial charge in [-0.2, -0.15) is 18.4 Å². The maximum atomic E-state index is 13.4. The number of hydrogen-bond acceptors (Lipinski definition) is 4. The molecule has 1 saturated carbocycles. The van der Waals surface area contributed by atoms with Crippen LogP contribution in [0.4, 0.5) is 13.2 Å². The zero-order valence-corrected chi connectivity index (χ0v) is 20.6. The van der Waals surface area contributed by atoms with Crippen molar-refractivity contribution in [3.8, 4) is 17.3 Å². The first-order valence-corrected chi connectivity index (χ1v) is 13.0. The number of pyridine rings is 1. The summed E-state index contributed by atoms with van der Waals surface area (Å²) in [6, 6.07) is 9.14. The zero-order valence-electron chi connectivity index (χ0n) is 19.8. The van der Waals surface area contributed by atoms with Crippen LogP contribution in [-0.4, -0.2) is 23.5 Å². The lowest BCUT2D eigenvalue weighted by molar-refractivity contribution is -0.137. The van der Waals surface area contributed by atoms with Crippen LogP contribution in [0.15, 0.2) is 41.4 Å². The molecule has 1 aromatic carbocycles. The van der Waals surface area contributed by atoms with Crippen molar-refractivity contribution in [2.45, 2.75) is 75.5 Å². The highest BCUT2D eigenvalue weighted by Crippen LogP contribution is 2.41. The van der Waals surface area contributed by atoms with Gasteiger partial charge in [0.1, 0.15) is 11.7 Å². The first-order chi connectivity index (χ1) is 16.3. The van der Waals surface area contributed by atoms with Gasteiger partial charge >= 0.3 is 6.18 Å². The number of aromatic nitrogens is 2. The van der Waals surface area contributed by atoms with Gasteiger partial charge in [-0.25, -0.2) is 18.1 Å². The van der Waals surface area contributed by atoms with Gasteiger partial charge in [0.15, 0.2) is 0 Å². The van der Waals surface area contributed by atoms with Crippen molar-refractivity contribution < 1.29 is 21.6 Å². The molecule has 0 amide bonds. The second-order valence-corrected chi connectivity index (χ2v) is 11.7. The molecule has 186 valence electrons. The highest BCUT2D eigenvalue weighted by molar-refractivity contribution is 7.89. The fourth-order valence-electron chi connectivity index (χ4n) is 4.69. The second-order valence-electron chi connectivity index (χ2n) is 9.97. The van der Waals surface area contributed by atoms with Gasteiger partial charge in [0.25, 0.3) is 0 Å². The Morgan fingerprint density at radius 1 is 1.09 bits per heavy atom. The predicted molar refractivity (Wildman–Crippen MR) is 127 cm³/mol. The van der Waals surface area contributed by atoms with E-state index in [-0.39, 0.29) is 21.9 Å². The van der Waals surface area contributed by atoms with E-state index in [9.17, 15) is 26.9 Å². The summed E-state index contributed by atoms with van der Waals surface area (Å²) in [5.41, 5.74) is -0.123. The molecule has 10 heteroatoms. The predicted octanol–water partition coefficient (Wildman–Crippen LogP) is 6.18. The molecular weight excluding hydrogens is 477 g/mol. The number of nitrogens with one attached hydrogen (secondary N) is 1.